The van der Waals surface area contributed by atoms with Crippen LogP contribution in [0.5, 0.6) is 11.5 Å². The van der Waals surface area contributed by atoms with Gasteiger partial charge in [0, 0.05) is 0 Å². The molecule has 0 bridgehead atoms. The van der Waals surface area contributed by atoms with Gasteiger partial charge in [-0.1, -0.05) is 54.6 Å². The molecule has 0 unspecified atom stereocenters. The Morgan fingerprint density at radius 1 is 0.921 bits per heavy atom. The highest BCUT2D eigenvalue weighted by atomic mass is 32.2. The molecule has 0 aliphatic carbocycles. The van der Waals surface area contributed by atoms with E-state index in [9.17, 15) is 4.79 Å². The zero-order chi connectivity index (χ0) is 26.2. The Balaban J connectivity index is 1.33. The molecule has 0 radical (unpaired) electrons. The second-order valence-corrected chi connectivity index (χ2v) is 9.34. The highest BCUT2D eigenvalue weighted by molar-refractivity contribution is 8.18. The van der Waals surface area contributed by atoms with E-state index in [0.29, 0.717) is 22.4 Å². The smallest absolute Gasteiger partial charge is 0.267 e. The first-order valence-corrected chi connectivity index (χ1v) is 12.8. The van der Waals surface area contributed by atoms with Gasteiger partial charge < -0.3 is 13.9 Å². The number of hydrogen-bond donors (Lipinski definition) is 0. The van der Waals surface area contributed by atoms with Crippen LogP contribution in [0.2, 0.25) is 0 Å². The van der Waals surface area contributed by atoms with Crippen molar-refractivity contribution in [2.45, 2.75) is 13.2 Å². The Morgan fingerprint density at radius 2 is 1.76 bits per heavy atom. The lowest BCUT2D eigenvalue weighted by molar-refractivity contribution is -0.122. The minimum Gasteiger partial charge on any atom is -0.497 e. The zero-order valence-electron chi connectivity index (χ0n) is 20.7. The second-order valence-electron chi connectivity index (χ2n) is 8.33. The fourth-order valence-corrected chi connectivity index (χ4v) is 4.64. The number of furan rings is 1. The number of amides is 1. The highest BCUT2D eigenvalue weighted by Gasteiger charge is 2.34. The van der Waals surface area contributed by atoms with Gasteiger partial charge in [0.15, 0.2) is 5.17 Å². The molecule has 1 saturated heterocycles. The number of carbonyl (C=O) groups excluding carboxylic acids is 1. The van der Waals surface area contributed by atoms with Crippen LogP contribution in [0.15, 0.2) is 117 Å². The van der Waals surface area contributed by atoms with Gasteiger partial charge in [0.25, 0.3) is 5.91 Å². The maximum absolute atomic E-state index is 13.3. The fourth-order valence-electron chi connectivity index (χ4n) is 3.70. The van der Waals surface area contributed by atoms with Crippen LogP contribution in [0, 0.1) is 0 Å². The second kappa shape index (κ2) is 12.1. The normalized spacial score (nSPS) is 15.6. The monoisotopic (exact) mass is 523 g/mol. The molecule has 38 heavy (non-hydrogen) atoms. The van der Waals surface area contributed by atoms with E-state index in [1.165, 1.54) is 11.8 Å². The molecule has 0 spiro atoms. The number of rotatable bonds is 9. The first kappa shape index (κ1) is 25.1. The molecular formula is C30H25N3O4S. The van der Waals surface area contributed by atoms with Crippen molar-refractivity contribution in [2.75, 3.05) is 7.11 Å². The Bertz CT molecular complexity index is 1460. The molecule has 0 saturated carbocycles. The van der Waals surface area contributed by atoms with Gasteiger partial charge in [0.1, 0.15) is 23.9 Å². The van der Waals surface area contributed by atoms with E-state index in [1.54, 1.807) is 30.6 Å². The van der Waals surface area contributed by atoms with Crippen molar-refractivity contribution in [3.8, 4) is 11.5 Å². The molecule has 3 aromatic carbocycles. The summed E-state index contributed by atoms with van der Waals surface area (Å²) >= 11 is 1.27. The number of hydrogen-bond acceptors (Lipinski definition) is 7. The van der Waals surface area contributed by atoms with Crippen molar-refractivity contribution in [3.05, 3.63) is 125 Å². The molecule has 5 rings (SSSR count). The summed E-state index contributed by atoms with van der Waals surface area (Å²) in [5, 5.41) is 9.13. The van der Waals surface area contributed by atoms with Crippen molar-refractivity contribution in [3.63, 3.8) is 0 Å². The van der Waals surface area contributed by atoms with Crippen LogP contribution in [0.1, 0.15) is 22.5 Å². The molecule has 8 heteroatoms. The maximum atomic E-state index is 13.3. The lowest BCUT2D eigenvalue weighted by atomic mass is 10.2. The molecule has 2 heterocycles. The molecule has 7 nitrogen and oxygen atoms in total. The van der Waals surface area contributed by atoms with E-state index in [0.717, 1.165) is 28.2 Å². The van der Waals surface area contributed by atoms with Gasteiger partial charge in [-0.25, -0.2) is 0 Å². The Morgan fingerprint density at radius 3 is 2.53 bits per heavy atom. The Labute approximate surface area is 225 Å². The van der Waals surface area contributed by atoms with Crippen LogP contribution < -0.4 is 9.47 Å². The van der Waals surface area contributed by atoms with E-state index >= 15 is 0 Å². The Kier molecular flexibility index (Phi) is 8.01. The molecule has 0 N–H and O–H groups in total. The van der Waals surface area contributed by atoms with Crippen molar-refractivity contribution in [2.24, 2.45) is 10.2 Å². The van der Waals surface area contributed by atoms with E-state index in [-0.39, 0.29) is 12.5 Å². The van der Waals surface area contributed by atoms with Crippen LogP contribution in [-0.2, 0) is 17.9 Å². The molecule has 1 aliphatic rings. The van der Waals surface area contributed by atoms with E-state index in [1.807, 2.05) is 91.0 Å². The van der Waals surface area contributed by atoms with Crippen LogP contribution in [0.4, 0.5) is 0 Å². The third kappa shape index (κ3) is 6.41. The summed E-state index contributed by atoms with van der Waals surface area (Å²) in [7, 11) is 1.62. The maximum Gasteiger partial charge on any atom is 0.267 e. The minimum atomic E-state index is -0.160. The molecule has 1 amide bonds. The largest absolute Gasteiger partial charge is 0.497 e. The predicted molar refractivity (Wildman–Crippen MR) is 150 cm³/mol. The number of benzene rings is 3. The van der Waals surface area contributed by atoms with Crippen molar-refractivity contribution in [1.29, 1.82) is 0 Å². The summed E-state index contributed by atoms with van der Waals surface area (Å²) in [5.74, 6) is 1.99. The molecule has 1 aliphatic heterocycles. The predicted octanol–water partition coefficient (Wildman–Crippen LogP) is 6.37. The number of methoxy groups -OCH3 is 1. The van der Waals surface area contributed by atoms with Gasteiger partial charge in [-0.2, -0.15) is 5.10 Å². The topological polar surface area (TPSA) is 76.6 Å². The van der Waals surface area contributed by atoms with Gasteiger partial charge >= 0.3 is 0 Å². The lowest BCUT2D eigenvalue weighted by Crippen LogP contribution is -2.28. The molecule has 0 atom stereocenters. The third-order valence-electron chi connectivity index (χ3n) is 5.65. The first-order chi connectivity index (χ1) is 18.7. The van der Waals surface area contributed by atoms with Crippen LogP contribution in [-0.4, -0.2) is 29.3 Å². The summed E-state index contributed by atoms with van der Waals surface area (Å²) in [6.07, 6.45) is 5.06. The quantitative estimate of drug-likeness (QED) is 0.145. The van der Waals surface area contributed by atoms with E-state index in [2.05, 4.69) is 10.2 Å². The zero-order valence-corrected chi connectivity index (χ0v) is 21.5. The standard InChI is InChI=1S/C30H25N3O4S/c1-35-25-14-12-22(13-15-25)18-28-29(34)33(20-27-11-6-16-36-27)30(38-28)32-31-19-24-9-5-10-26(17-24)37-21-23-7-3-2-4-8-23/h2-19H,20-21H2,1H3/b28-18-,31-19-,32-30+. The van der Waals surface area contributed by atoms with Gasteiger partial charge in [-0.3, -0.25) is 9.69 Å². The Hall–Kier alpha value is -4.56. The number of ether oxygens (including phenoxy) is 2. The molecule has 4 aromatic rings. The molecule has 190 valence electrons. The van der Waals surface area contributed by atoms with Gasteiger partial charge in [0.05, 0.1) is 31.0 Å². The minimum absolute atomic E-state index is 0.160. The number of carbonyl (C=O) groups is 1. The fraction of sp³-hybridized carbons (Fsp3) is 0.100. The third-order valence-corrected chi connectivity index (χ3v) is 6.65. The highest BCUT2D eigenvalue weighted by Crippen LogP contribution is 2.34. The van der Waals surface area contributed by atoms with E-state index < -0.39 is 0 Å². The average Bonchev–Trinajstić information content (AvgIpc) is 3.57. The van der Waals surface area contributed by atoms with Gasteiger partial charge in [0.2, 0.25) is 0 Å². The van der Waals surface area contributed by atoms with Crippen LogP contribution in [0.25, 0.3) is 6.08 Å². The van der Waals surface area contributed by atoms with Crippen LogP contribution in [0.3, 0.4) is 0 Å². The summed E-state index contributed by atoms with van der Waals surface area (Å²) in [4.78, 5) is 15.4. The molecule has 1 fully saturated rings. The van der Waals surface area contributed by atoms with Crippen molar-refractivity contribution < 1.29 is 18.7 Å². The van der Waals surface area contributed by atoms with Gasteiger partial charge in [-0.15, -0.1) is 5.10 Å². The molecular weight excluding hydrogens is 498 g/mol. The SMILES string of the molecule is COc1ccc(/C=C2\S/C(=N/N=C\c3cccc(OCc4ccccc4)c3)N(Cc3ccco3)C2=O)cc1. The summed E-state index contributed by atoms with van der Waals surface area (Å²) < 4.78 is 16.6. The summed E-state index contributed by atoms with van der Waals surface area (Å²) in [6, 6.07) is 28.7. The lowest BCUT2D eigenvalue weighted by Gasteiger charge is -2.12. The van der Waals surface area contributed by atoms with Crippen molar-refractivity contribution in [1.82, 2.24) is 4.90 Å². The first-order valence-electron chi connectivity index (χ1n) is 11.9. The van der Waals surface area contributed by atoms with Crippen molar-refractivity contribution >= 4 is 35.1 Å². The van der Waals surface area contributed by atoms with E-state index in [4.69, 9.17) is 13.9 Å². The molecule has 1 aromatic heterocycles. The van der Waals surface area contributed by atoms with Gasteiger partial charge in [-0.05, 0) is 70.9 Å². The number of nitrogens with zero attached hydrogens (tertiary/aromatic N) is 3. The summed E-state index contributed by atoms with van der Waals surface area (Å²) in [6.45, 7) is 0.740. The average molecular weight is 524 g/mol. The number of amidine groups is 1. The van der Waals surface area contributed by atoms with Crippen LogP contribution >= 0.6 is 11.8 Å². The summed E-state index contributed by atoms with van der Waals surface area (Å²) in [5.41, 5.74) is 2.81. The number of thioether (sulfide) groups is 1.